The lowest BCUT2D eigenvalue weighted by Gasteiger charge is -2.09. The summed E-state index contributed by atoms with van der Waals surface area (Å²) in [5, 5.41) is -0.704. The summed E-state index contributed by atoms with van der Waals surface area (Å²) in [6.07, 6.45) is 0. The fraction of sp³-hybridized carbons (Fsp3) is 0.222. The number of alkyl halides is 1. The van der Waals surface area contributed by atoms with E-state index in [4.69, 9.17) is 11.6 Å². The molecule has 5 nitrogen and oxygen atoms in total. The van der Waals surface area contributed by atoms with Gasteiger partial charge in [0.15, 0.2) is 0 Å². The second-order valence-corrected chi connectivity index (χ2v) is 5.31. The minimum absolute atomic E-state index is 0.0948. The number of esters is 1. The van der Waals surface area contributed by atoms with Crippen molar-refractivity contribution in [2.75, 3.05) is 17.0 Å². The highest BCUT2D eigenvalue weighted by atomic mass is 35.5. The van der Waals surface area contributed by atoms with Crippen molar-refractivity contribution in [3.63, 3.8) is 0 Å². The Morgan fingerprint density at radius 2 is 2.18 bits per heavy atom. The maximum Gasteiger partial charge on any atom is 0.339 e. The topological polar surface area (TPSA) is 72.5 Å². The van der Waals surface area contributed by atoms with Gasteiger partial charge in [-0.1, -0.05) is 0 Å². The van der Waals surface area contributed by atoms with Crippen LogP contribution in [0, 0.1) is 5.82 Å². The van der Waals surface area contributed by atoms with Crippen LogP contribution >= 0.6 is 11.6 Å². The zero-order valence-electron chi connectivity index (χ0n) is 8.74. The summed E-state index contributed by atoms with van der Waals surface area (Å²) in [6, 6.07) is 3.01. The normalized spacial score (nSPS) is 11.0. The fourth-order valence-corrected chi connectivity index (χ4v) is 1.81. The van der Waals surface area contributed by atoms with Gasteiger partial charge < -0.3 is 4.74 Å². The zero-order chi connectivity index (χ0) is 13.1. The molecular weight excluding hydrogens is 273 g/mol. The van der Waals surface area contributed by atoms with Gasteiger partial charge in [-0.15, -0.1) is 11.6 Å². The molecule has 17 heavy (non-hydrogen) atoms. The number of hydrogen-bond donors (Lipinski definition) is 1. The highest BCUT2D eigenvalue weighted by molar-refractivity contribution is 7.93. The van der Waals surface area contributed by atoms with Gasteiger partial charge in [-0.3, -0.25) is 4.72 Å². The van der Waals surface area contributed by atoms with Crippen molar-refractivity contribution < 1.29 is 22.3 Å². The van der Waals surface area contributed by atoms with E-state index in [9.17, 15) is 17.6 Å². The first-order chi connectivity index (χ1) is 7.89. The Morgan fingerprint density at radius 1 is 1.53 bits per heavy atom. The maximum atomic E-state index is 13.0. The van der Waals surface area contributed by atoms with Crippen LogP contribution in [0.15, 0.2) is 18.2 Å². The molecule has 0 aliphatic rings. The molecule has 0 unspecified atom stereocenters. The third-order valence-electron chi connectivity index (χ3n) is 1.80. The first-order valence-electron chi connectivity index (χ1n) is 4.34. The summed E-state index contributed by atoms with van der Waals surface area (Å²) in [7, 11) is -2.68. The summed E-state index contributed by atoms with van der Waals surface area (Å²) in [5.74, 6) is -1.47. The predicted molar refractivity (Wildman–Crippen MR) is 61.0 cm³/mol. The van der Waals surface area contributed by atoms with Crippen LogP contribution in [0.3, 0.4) is 0 Å². The lowest BCUT2D eigenvalue weighted by atomic mass is 10.2. The largest absolute Gasteiger partial charge is 0.465 e. The van der Waals surface area contributed by atoms with Gasteiger partial charge in [-0.2, -0.15) is 0 Å². The molecule has 0 aromatic heterocycles. The molecule has 0 aliphatic heterocycles. The molecular formula is C9H9ClFNO4S. The average Bonchev–Trinajstić information content (AvgIpc) is 2.28. The number of carbonyl (C=O) groups excluding carboxylic acids is 1. The van der Waals surface area contributed by atoms with Crippen LogP contribution in [-0.4, -0.2) is 26.7 Å². The van der Waals surface area contributed by atoms with Crippen molar-refractivity contribution in [1.82, 2.24) is 0 Å². The SMILES string of the molecule is COC(=O)c1ccc(F)cc1NS(=O)(=O)CCl. The summed E-state index contributed by atoms with van der Waals surface area (Å²) < 4.78 is 41.9. The highest BCUT2D eigenvalue weighted by Gasteiger charge is 2.17. The Hall–Kier alpha value is -1.34. The standard InChI is InChI=1S/C9H9ClFNO4S/c1-16-9(13)7-3-2-6(11)4-8(7)12-17(14,15)5-10/h2-4,12H,5H2,1H3. The molecule has 94 valence electrons. The number of carbonyl (C=O) groups is 1. The van der Waals surface area contributed by atoms with E-state index in [2.05, 4.69) is 4.74 Å². The van der Waals surface area contributed by atoms with Crippen molar-refractivity contribution in [1.29, 1.82) is 0 Å². The second-order valence-electron chi connectivity index (χ2n) is 3.01. The summed E-state index contributed by atoms with van der Waals surface area (Å²) in [4.78, 5) is 11.3. The quantitative estimate of drug-likeness (QED) is 0.671. The van der Waals surface area contributed by atoms with Crippen LogP contribution in [-0.2, 0) is 14.8 Å². The highest BCUT2D eigenvalue weighted by Crippen LogP contribution is 2.19. The first kappa shape index (κ1) is 13.7. The number of methoxy groups -OCH3 is 1. The van der Waals surface area contributed by atoms with Gasteiger partial charge in [0, 0.05) is 0 Å². The van der Waals surface area contributed by atoms with Gasteiger partial charge in [0.1, 0.15) is 11.0 Å². The van der Waals surface area contributed by atoms with Crippen LogP contribution in [0.4, 0.5) is 10.1 Å². The molecule has 0 saturated carbocycles. The first-order valence-corrected chi connectivity index (χ1v) is 6.52. The number of rotatable bonds is 4. The lowest BCUT2D eigenvalue weighted by Crippen LogP contribution is -2.16. The molecule has 0 atom stereocenters. The molecule has 0 heterocycles. The molecule has 1 rings (SSSR count). The molecule has 1 aromatic carbocycles. The molecule has 0 radical (unpaired) electrons. The Morgan fingerprint density at radius 3 is 2.71 bits per heavy atom. The second kappa shape index (κ2) is 5.33. The number of sulfonamides is 1. The van der Waals surface area contributed by atoms with Crippen molar-refractivity contribution in [3.8, 4) is 0 Å². The number of anilines is 1. The predicted octanol–water partition coefficient (Wildman–Crippen LogP) is 1.55. The smallest absolute Gasteiger partial charge is 0.339 e. The number of ether oxygens (including phenoxy) is 1. The van der Waals surface area contributed by atoms with Crippen molar-refractivity contribution in [2.24, 2.45) is 0 Å². The van der Waals surface area contributed by atoms with Crippen LogP contribution in [0.25, 0.3) is 0 Å². The van der Waals surface area contributed by atoms with Gasteiger partial charge in [0.05, 0.1) is 18.4 Å². The van der Waals surface area contributed by atoms with Crippen LogP contribution in [0.1, 0.15) is 10.4 Å². The van der Waals surface area contributed by atoms with E-state index in [0.717, 1.165) is 25.3 Å². The summed E-state index contributed by atoms with van der Waals surface area (Å²) in [5.41, 5.74) is -0.305. The molecule has 0 bridgehead atoms. The molecule has 0 amide bonds. The van der Waals surface area contributed by atoms with Gasteiger partial charge in [-0.05, 0) is 18.2 Å². The Balaban J connectivity index is 3.21. The molecule has 0 saturated heterocycles. The fourth-order valence-electron chi connectivity index (χ4n) is 1.08. The number of benzene rings is 1. The molecule has 1 N–H and O–H groups in total. The lowest BCUT2D eigenvalue weighted by molar-refractivity contribution is 0.0602. The van der Waals surface area contributed by atoms with E-state index < -0.39 is 27.0 Å². The zero-order valence-corrected chi connectivity index (χ0v) is 10.3. The van der Waals surface area contributed by atoms with E-state index in [1.807, 2.05) is 4.72 Å². The Labute approximate surface area is 103 Å². The Kier molecular flexibility index (Phi) is 4.30. The van der Waals surface area contributed by atoms with E-state index in [1.165, 1.54) is 0 Å². The van der Waals surface area contributed by atoms with Crippen LogP contribution in [0.5, 0.6) is 0 Å². The van der Waals surface area contributed by atoms with E-state index in [0.29, 0.717) is 0 Å². The van der Waals surface area contributed by atoms with Crippen molar-refractivity contribution >= 4 is 33.3 Å². The van der Waals surface area contributed by atoms with Crippen LogP contribution in [0.2, 0.25) is 0 Å². The third-order valence-corrected chi connectivity index (χ3v) is 3.48. The molecule has 1 aromatic rings. The van der Waals surface area contributed by atoms with E-state index in [1.54, 1.807) is 0 Å². The van der Waals surface area contributed by atoms with Crippen molar-refractivity contribution in [3.05, 3.63) is 29.6 Å². The van der Waals surface area contributed by atoms with Crippen molar-refractivity contribution in [2.45, 2.75) is 0 Å². The van der Waals surface area contributed by atoms with Gasteiger partial charge >= 0.3 is 5.97 Å². The third kappa shape index (κ3) is 3.57. The average molecular weight is 282 g/mol. The van der Waals surface area contributed by atoms with Crippen LogP contribution < -0.4 is 4.72 Å². The summed E-state index contributed by atoms with van der Waals surface area (Å²) >= 11 is 5.19. The molecule has 0 aliphatic carbocycles. The molecule has 0 spiro atoms. The number of hydrogen-bond acceptors (Lipinski definition) is 4. The number of halogens is 2. The minimum atomic E-state index is -3.81. The van der Waals surface area contributed by atoms with Gasteiger partial charge in [0.2, 0.25) is 10.0 Å². The summed E-state index contributed by atoms with van der Waals surface area (Å²) in [6.45, 7) is 0. The van der Waals surface area contributed by atoms with E-state index in [-0.39, 0.29) is 11.3 Å². The van der Waals surface area contributed by atoms with E-state index >= 15 is 0 Å². The monoisotopic (exact) mass is 281 g/mol. The maximum absolute atomic E-state index is 13.0. The molecule has 8 heteroatoms. The number of nitrogens with one attached hydrogen (secondary N) is 1. The van der Waals surface area contributed by atoms with Gasteiger partial charge in [0.25, 0.3) is 0 Å². The Bertz CT molecular complexity index is 532. The minimum Gasteiger partial charge on any atom is -0.465 e. The molecule has 0 fully saturated rings. The van der Waals surface area contributed by atoms with Gasteiger partial charge in [-0.25, -0.2) is 17.6 Å².